The summed E-state index contributed by atoms with van der Waals surface area (Å²) in [5.41, 5.74) is 1.70. The summed E-state index contributed by atoms with van der Waals surface area (Å²) in [6.45, 7) is 8.37. The van der Waals surface area contributed by atoms with Crippen LogP contribution in [0.1, 0.15) is 49.7 Å². The number of nitrogens with zero attached hydrogens (tertiary/aromatic N) is 4. The van der Waals surface area contributed by atoms with Crippen LogP contribution in [0.5, 0.6) is 0 Å². The second kappa shape index (κ2) is 9.40. The van der Waals surface area contributed by atoms with Gasteiger partial charge in [0, 0.05) is 25.0 Å². The zero-order valence-corrected chi connectivity index (χ0v) is 18.9. The van der Waals surface area contributed by atoms with Gasteiger partial charge in [0.1, 0.15) is 0 Å². The average Bonchev–Trinajstić information content (AvgIpc) is 3.21. The molecular formula is C22H27N5O3S. The molecule has 2 heterocycles. The molecule has 0 saturated carbocycles. The van der Waals surface area contributed by atoms with Gasteiger partial charge in [-0.15, -0.1) is 0 Å². The monoisotopic (exact) mass is 441 g/mol. The number of aromatic nitrogens is 3. The van der Waals surface area contributed by atoms with Gasteiger partial charge in [0.2, 0.25) is 10.0 Å². The molecule has 9 heteroatoms. The first-order valence-corrected chi connectivity index (χ1v) is 11.6. The predicted octanol–water partition coefficient (Wildman–Crippen LogP) is 3.67. The number of anilines is 1. The smallest absolute Gasteiger partial charge is 0.259 e. The van der Waals surface area contributed by atoms with Crippen molar-refractivity contribution >= 4 is 21.6 Å². The summed E-state index contributed by atoms with van der Waals surface area (Å²) in [5, 5.41) is 7.20. The van der Waals surface area contributed by atoms with Crippen LogP contribution < -0.4 is 5.32 Å². The van der Waals surface area contributed by atoms with E-state index in [-0.39, 0.29) is 16.7 Å². The van der Waals surface area contributed by atoms with Gasteiger partial charge >= 0.3 is 0 Å². The van der Waals surface area contributed by atoms with Crippen molar-refractivity contribution in [3.63, 3.8) is 0 Å². The Kier molecular flexibility index (Phi) is 6.87. The van der Waals surface area contributed by atoms with Crippen LogP contribution in [0.25, 0.3) is 5.82 Å². The van der Waals surface area contributed by atoms with E-state index in [2.05, 4.69) is 15.4 Å². The molecule has 1 amide bonds. The molecule has 0 spiro atoms. The number of carbonyl (C=O) groups excluding carboxylic acids is 1. The second-order valence-electron chi connectivity index (χ2n) is 7.27. The molecule has 8 nitrogen and oxygen atoms in total. The van der Waals surface area contributed by atoms with Crippen molar-refractivity contribution < 1.29 is 13.2 Å². The largest absolute Gasteiger partial charge is 0.322 e. The molecule has 0 aliphatic rings. The van der Waals surface area contributed by atoms with E-state index in [1.165, 1.54) is 22.6 Å². The topological polar surface area (TPSA) is 97.2 Å². The molecule has 1 N–H and O–H groups in total. The molecule has 3 rings (SSSR count). The Hall–Kier alpha value is -3.04. The quantitative estimate of drug-likeness (QED) is 0.575. The summed E-state index contributed by atoms with van der Waals surface area (Å²) in [6, 6.07) is 11.7. The lowest BCUT2D eigenvalue weighted by atomic mass is 10.1. The number of nitrogens with one attached hydrogen (secondary N) is 1. The van der Waals surface area contributed by atoms with Crippen LogP contribution in [-0.2, 0) is 10.0 Å². The lowest BCUT2D eigenvalue weighted by Gasteiger charge is -2.18. The third kappa shape index (κ3) is 4.67. The molecule has 0 fully saturated rings. The summed E-state index contributed by atoms with van der Waals surface area (Å²) < 4.78 is 28.3. The van der Waals surface area contributed by atoms with Gasteiger partial charge in [-0.25, -0.2) is 18.1 Å². The Labute approximate surface area is 183 Å². The van der Waals surface area contributed by atoms with E-state index in [4.69, 9.17) is 0 Å². The standard InChI is InChI=1S/C22H27N5O3S/c1-5-26(6-2)31(29,30)18-12-10-17(11-13-18)25-22(28)19-15-24-27(21(19)16(3)4)20-9-7-8-14-23-20/h7-16H,5-6H2,1-4H3,(H,25,28). The number of pyridine rings is 1. The molecule has 0 radical (unpaired) electrons. The number of carbonyl (C=O) groups is 1. The Morgan fingerprint density at radius 3 is 2.32 bits per heavy atom. The van der Waals surface area contributed by atoms with E-state index in [0.29, 0.717) is 30.2 Å². The molecule has 31 heavy (non-hydrogen) atoms. The van der Waals surface area contributed by atoms with Crippen molar-refractivity contribution in [2.75, 3.05) is 18.4 Å². The number of benzene rings is 1. The van der Waals surface area contributed by atoms with E-state index < -0.39 is 10.0 Å². The summed E-state index contributed by atoms with van der Waals surface area (Å²) in [4.78, 5) is 17.5. The molecule has 0 atom stereocenters. The normalized spacial score (nSPS) is 11.8. The summed E-state index contributed by atoms with van der Waals surface area (Å²) >= 11 is 0. The van der Waals surface area contributed by atoms with Gasteiger partial charge in [-0.1, -0.05) is 33.8 Å². The highest BCUT2D eigenvalue weighted by Gasteiger charge is 2.23. The number of hydrogen-bond donors (Lipinski definition) is 1. The summed E-state index contributed by atoms with van der Waals surface area (Å²) in [7, 11) is -3.54. The lowest BCUT2D eigenvalue weighted by molar-refractivity contribution is 0.102. The van der Waals surface area contributed by atoms with Crippen molar-refractivity contribution in [2.24, 2.45) is 0 Å². The maximum atomic E-state index is 13.0. The van der Waals surface area contributed by atoms with Crippen molar-refractivity contribution in [1.29, 1.82) is 0 Å². The minimum absolute atomic E-state index is 0.0341. The van der Waals surface area contributed by atoms with E-state index in [1.807, 2.05) is 32.0 Å². The number of rotatable bonds is 8. The van der Waals surface area contributed by atoms with Gasteiger partial charge in [0.15, 0.2) is 5.82 Å². The van der Waals surface area contributed by atoms with Gasteiger partial charge < -0.3 is 5.32 Å². The van der Waals surface area contributed by atoms with E-state index in [1.54, 1.807) is 36.9 Å². The highest BCUT2D eigenvalue weighted by molar-refractivity contribution is 7.89. The van der Waals surface area contributed by atoms with Gasteiger partial charge in [0.25, 0.3) is 5.91 Å². The van der Waals surface area contributed by atoms with Crippen molar-refractivity contribution in [3.05, 3.63) is 66.1 Å². The summed E-state index contributed by atoms with van der Waals surface area (Å²) in [6.07, 6.45) is 3.20. The highest BCUT2D eigenvalue weighted by atomic mass is 32.2. The molecule has 164 valence electrons. The Balaban J connectivity index is 1.85. The van der Waals surface area contributed by atoms with Gasteiger partial charge in [-0.05, 0) is 42.3 Å². The van der Waals surface area contributed by atoms with Crippen LogP contribution in [0.2, 0.25) is 0 Å². The fourth-order valence-corrected chi connectivity index (χ4v) is 4.83. The lowest BCUT2D eigenvalue weighted by Crippen LogP contribution is -2.30. The zero-order valence-electron chi connectivity index (χ0n) is 18.1. The van der Waals surface area contributed by atoms with Crippen molar-refractivity contribution in [3.8, 4) is 5.82 Å². The van der Waals surface area contributed by atoms with E-state index >= 15 is 0 Å². The minimum Gasteiger partial charge on any atom is -0.322 e. The van der Waals surface area contributed by atoms with Crippen LogP contribution in [-0.4, -0.2) is 46.5 Å². The van der Waals surface area contributed by atoms with Crippen LogP contribution >= 0.6 is 0 Å². The maximum Gasteiger partial charge on any atom is 0.259 e. The number of sulfonamides is 1. The Bertz CT molecular complexity index is 1140. The van der Waals surface area contributed by atoms with Crippen molar-refractivity contribution in [1.82, 2.24) is 19.1 Å². The first-order valence-electron chi connectivity index (χ1n) is 10.2. The third-order valence-electron chi connectivity index (χ3n) is 4.92. The first-order chi connectivity index (χ1) is 14.8. The molecule has 3 aromatic rings. The average molecular weight is 442 g/mol. The molecule has 0 bridgehead atoms. The number of amides is 1. The number of hydrogen-bond acceptors (Lipinski definition) is 5. The molecule has 1 aromatic carbocycles. The fraction of sp³-hybridized carbons (Fsp3) is 0.318. The second-order valence-corrected chi connectivity index (χ2v) is 9.20. The Morgan fingerprint density at radius 1 is 1.10 bits per heavy atom. The molecule has 2 aromatic heterocycles. The van der Waals surface area contributed by atoms with Crippen LogP contribution in [0.3, 0.4) is 0 Å². The van der Waals surface area contributed by atoms with E-state index in [0.717, 1.165) is 5.69 Å². The van der Waals surface area contributed by atoms with Crippen LogP contribution in [0.4, 0.5) is 5.69 Å². The van der Waals surface area contributed by atoms with Gasteiger partial charge in [0.05, 0.1) is 22.3 Å². The van der Waals surface area contributed by atoms with Crippen molar-refractivity contribution in [2.45, 2.75) is 38.5 Å². The van der Waals surface area contributed by atoms with Gasteiger partial charge in [-0.2, -0.15) is 9.40 Å². The predicted molar refractivity (Wildman–Crippen MR) is 120 cm³/mol. The van der Waals surface area contributed by atoms with Crippen LogP contribution in [0.15, 0.2) is 59.8 Å². The zero-order chi connectivity index (χ0) is 22.6. The van der Waals surface area contributed by atoms with E-state index in [9.17, 15) is 13.2 Å². The molecule has 0 unspecified atom stereocenters. The summed E-state index contributed by atoms with van der Waals surface area (Å²) in [5.74, 6) is 0.355. The maximum absolute atomic E-state index is 13.0. The third-order valence-corrected chi connectivity index (χ3v) is 6.98. The molecular weight excluding hydrogens is 414 g/mol. The highest BCUT2D eigenvalue weighted by Crippen LogP contribution is 2.24. The Morgan fingerprint density at radius 2 is 1.77 bits per heavy atom. The van der Waals surface area contributed by atoms with Crippen LogP contribution in [0, 0.1) is 0 Å². The fourth-order valence-electron chi connectivity index (χ4n) is 3.37. The first kappa shape index (κ1) is 22.6. The minimum atomic E-state index is -3.54. The SMILES string of the molecule is CCN(CC)S(=O)(=O)c1ccc(NC(=O)c2cnn(-c3ccccn3)c2C(C)C)cc1. The van der Waals surface area contributed by atoms with Gasteiger partial charge in [-0.3, -0.25) is 4.79 Å². The molecule has 0 aliphatic carbocycles. The molecule has 0 aliphatic heterocycles. The molecule has 0 saturated heterocycles.